The molecule has 2 aromatic rings. The predicted molar refractivity (Wildman–Crippen MR) is 96.5 cm³/mol. The number of piperidine rings is 1. The number of ether oxygens (including phenoxy) is 1. The Morgan fingerprint density at radius 3 is 2.63 bits per heavy atom. The highest BCUT2D eigenvalue weighted by Gasteiger charge is 2.23. The standard InChI is InChI=1S/C17H22N6O4/c1-3-26-17(25)23-6-4-12(5-7-23)20-15-10-18-13(9-19-15)16(24)21-14-8-11(2)27-22-14/h8-10,12H,3-7H2,1-2H3,(H,19,20)(H,21,22,24). The van der Waals surface area contributed by atoms with E-state index < -0.39 is 5.91 Å². The lowest BCUT2D eigenvalue weighted by molar-refractivity contribution is 0.0982. The molecule has 0 spiro atoms. The number of likely N-dealkylation sites (tertiary alicyclic amines) is 1. The van der Waals surface area contributed by atoms with E-state index in [-0.39, 0.29) is 17.8 Å². The van der Waals surface area contributed by atoms with Gasteiger partial charge in [-0.3, -0.25) is 4.79 Å². The van der Waals surface area contributed by atoms with E-state index in [2.05, 4.69) is 25.8 Å². The van der Waals surface area contributed by atoms with Crippen LogP contribution in [0.25, 0.3) is 0 Å². The summed E-state index contributed by atoms with van der Waals surface area (Å²) in [6.45, 7) is 5.16. The van der Waals surface area contributed by atoms with Crippen molar-refractivity contribution in [2.75, 3.05) is 30.3 Å². The molecule has 10 heteroatoms. The first-order chi connectivity index (χ1) is 13.0. The molecule has 10 nitrogen and oxygen atoms in total. The lowest BCUT2D eigenvalue weighted by Gasteiger charge is -2.31. The summed E-state index contributed by atoms with van der Waals surface area (Å²) < 4.78 is 9.91. The van der Waals surface area contributed by atoms with Gasteiger partial charge in [0.2, 0.25) is 0 Å². The lowest BCUT2D eigenvalue weighted by atomic mass is 10.1. The van der Waals surface area contributed by atoms with Gasteiger partial charge in [0.25, 0.3) is 5.91 Å². The summed E-state index contributed by atoms with van der Waals surface area (Å²) in [5.41, 5.74) is 0.179. The van der Waals surface area contributed by atoms with E-state index in [1.54, 1.807) is 24.8 Å². The maximum atomic E-state index is 12.1. The highest BCUT2D eigenvalue weighted by Crippen LogP contribution is 2.16. The number of nitrogens with zero attached hydrogens (tertiary/aromatic N) is 4. The molecule has 0 bridgehead atoms. The number of amides is 2. The molecule has 0 atom stereocenters. The van der Waals surface area contributed by atoms with Crippen molar-refractivity contribution in [1.29, 1.82) is 0 Å². The number of rotatable bonds is 5. The van der Waals surface area contributed by atoms with E-state index in [1.165, 1.54) is 12.4 Å². The fourth-order valence-corrected chi connectivity index (χ4v) is 2.76. The first-order valence-corrected chi connectivity index (χ1v) is 8.80. The van der Waals surface area contributed by atoms with Crippen LogP contribution < -0.4 is 10.6 Å². The molecule has 1 aliphatic heterocycles. The second kappa shape index (κ2) is 8.47. The molecule has 27 heavy (non-hydrogen) atoms. The predicted octanol–water partition coefficient (Wildman–Crippen LogP) is 2.06. The summed E-state index contributed by atoms with van der Waals surface area (Å²) in [5, 5.41) is 9.57. The molecule has 0 radical (unpaired) electrons. The van der Waals surface area contributed by atoms with E-state index in [4.69, 9.17) is 9.26 Å². The molecule has 3 rings (SSSR count). The van der Waals surface area contributed by atoms with Crippen molar-refractivity contribution in [3.05, 3.63) is 29.9 Å². The zero-order chi connectivity index (χ0) is 19.2. The monoisotopic (exact) mass is 374 g/mol. The minimum Gasteiger partial charge on any atom is -0.450 e. The number of aryl methyl sites for hydroxylation is 1. The number of hydrogen-bond acceptors (Lipinski definition) is 8. The Labute approximate surface area is 156 Å². The highest BCUT2D eigenvalue weighted by atomic mass is 16.6. The maximum absolute atomic E-state index is 12.1. The fraction of sp³-hybridized carbons (Fsp3) is 0.471. The lowest BCUT2D eigenvalue weighted by Crippen LogP contribution is -2.42. The number of carbonyl (C=O) groups is 2. The maximum Gasteiger partial charge on any atom is 0.409 e. The smallest absolute Gasteiger partial charge is 0.409 e. The average Bonchev–Trinajstić information content (AvgIpc) is 3.08. The van der Waals surface area contributed by atoms with Crippen LogP contribution in [0.1, 0.15) is 36.0 Å². The molecule has 1 saturated heterocycles. The molecule has 0 aliphatic carbocycles. The highest BCUT2D eigenvalue weighted by molar-refractivity contribution is 6.02. The molecule has 0 aromatic carbocycles. The Morgan fingerprint density at radius 2 is 2.04 bits per heavy atom. The summed E-state index contributed by atoms with van der Waals surface area (Å²) in [7, 11) is 0. The van der Waals surface area contributed by atoms with E-state index in [0.717, 1.165) is 12.8 Å². The van der Waals surface area contributed by atoms with Crippen LogP contribution in [0.15, 0.2) is 23.0 Å². The second-order valence-corrected chi connectivity index (χ2v) is 6.17. The van der Waals surface area contributed by atoms with Gasteiger partial charge < -0.3 is 24.8 Å². The largest absolute Gasteiger partial charge is 0.450 e. The van der Waals surface area contributed by atoms with Crippen molar-refractivity contribution in [3.63, 3.8) is 0 Å². The van der Waals surface area contributed by atoms with E-state index in [1.807, 2.05) is 0 Å². The molecule has 144 valence electrons. The number of nitrogens with one attached hydrogen (secondary N) is 2. The molecule has 2 N–H and O–H groups in total. The van der Waals surface area contributed by atoms with E-state index >= 15 is 0 Å². The summed E-state index contributed by atoms with van der Waals surface area (Å²) in [4.78, 5) is 33.9. The number of aromatic nitrogens is 3. The Bertz CT molecular complexity index is 783. The van der Waals surface area contributed by atoms with Crippen LogP contribution in [0.3, 0.4) is 0 Å². The van der Waals surface area contributed by atoms with Gasteiger partial charge in [-0.25, -0.2) is 14.8 Å². The van der Waals surface area contributed by atoms with Crippen molar-refractivity contribution in [3.8, 4) is 0 Å². The molecule has 2 aromatic heterocycles. The van der Waals surface area contributed by atoms with Gasteiger partial charge in [0, 0.05) is 25.2 Å². The first kappa shape index (κ1) is 18.6. The number of hydrogen-bond donors (Lipinski definition) is 2. The Kier molecular flexibility index (Phi) is 5.84. The third-order valence-corrected chi connectivity index (χ3v) is 4.13. The minimum atomic E-state index is -0.412. The van der Waals surface area contributed by atoms with Gasteiger partial charge in [0.1, 0.15) is 17.3 Å². The molecule has 0 saturated carbocycles. The average molecular weight is 374 g/mol. The van der Waals surface area contributed by atoms with Crippen LogP contribution in [0.5, 0.6) is 0 Å². The first-order valence-electron chi connectivity index (χ1n) is 8.80. The van der Waals surface area contributed by atoms with Crippen molar-refractivity contribution < 1.29 is 18.8 Å². The van der Waals surface area contributed by atoms with Crippen LogP contribution in [0.2, 0.25) is 0 Å². The Balaban J connectivity index is 1.49. The zero-order valence-electron chi connectivity index (χ0n) is 15.3. The van der Waals surface area contributed by atoms with Crippen LogP contribution in [0, 0.1) is 6.92 Å². The Hall–Kier alpha value is -3.17. The van der Waals surface area contributed by atoms with Gasteiger partial charge in [-0.15, -0.1) is 0 Å². The molecule has 1 aliphatic rings. The quantitative estimate of drug-likeness (QED) is 0.815. The summed E-state index contributed by atoms with van der Waals surface area (Å²) in [5.74, 6) is 1.10. The van der Waals surface area contributed by atoms with Crippen molar-refractivity contribution in [2.24, 2.45) is 0 Å². The Morgan fingerprint density at radius 1 is 1.26 bits per heavy atom. The molecule has 3 heterocycles. The van der Waals surface area contributed by atoms with Gasteiger partial charge in [0.15, 0.2) is 5.82 Å². The van der Waals surface area contributed by atoms with Crippen molar-refractivity contribution in [2.45, 2.75) is 32.7 Å². The van der Waals surface area contributed by atoms with Crippen molar-refractivity contribution in [1.82, 2.24) is 20.0 Å². The van der Waals surface area contributed by atoms with Gasteiger partial charge >= 0.3 is 6.09 Å². The summed E-state index contributed by atoms with van der Waals surface area (Å²) >= 11 is 0. The molecule has 0 unspecified atom stereocenters. The normalized spacial score (nSPS) is 14.7. The van der Waals surface area contributed by atoms with Gasteiger partial charge in [-0.2, -0.15) is 0 Å². The van der Waals surface area contributed by atoms with Crippen LogP contribution in [-0.4, -0.2) is 57.8 Å². The van der Waals surface area contributed by atoms with Gasteiger partial charge in [0.05, 0.1) is 19.0 Å². The molecular weight excluding hydrogens is 352 g/mol. The van der Waals surface area contributed by atoms with E-state index in [0.29, 0.717) is 37.1 Å². The van der Waals surface area contributed by atoms with Crippen LogP contribution in [0.4, 0.5) is 16.4 Å². The van der Waals surface area contributed by atoms with Crippen molar-refractivity contribution >= 4 is 23.6 Å². The summed E-state index contributed by atoms with van der Waals surface area (Å²) in [6.07, 6.45) is 4.22. The second-order valence-electron chi connectivity index (χ2n) is 6.17. The molecule has 2 amide bonds. The minimum absolute atomic E-state index is 0.179. The fourth-order valence-electron chi connectivity index (χ4n) is 2.76. The third kappa shape index (κ3) is 4.93. The third-order valence-electron chi connectivity index (χ3n) is 4.13. The molecule has 1 fully saturated rings. The van der Waals surface area contributed by atoms with Gasteiger partial charge in [-0.05, 0) is 26.7 Å². The van der Waals surface area contributed by atoms with E-state index in [9.17, 15) is 9.59 Å². The SMILES string of the molecule is CCOC(=O)N1CCC(Nc2cnc(C(=O)Nc3cc(C)on3)cn2)CC1. The summed E-state index contributed by atoms with van der Waals surface area (Å²) in [6, 6.07) is 1.80. The molecular formula is C17H22N6O4. The van der Waals surface area contributed by atoms with Crippen LogP contribution >= 0.6 is 0 Å². The van der Waals surface area contributed by atoms with Gasteiger partial charge in [-0.1, -0.05) is 5.16 Å². The number of carbonyl (C=O) groups excluding carboxylic acids is 2. The van der Waals surface area contributed by atoms with Crippen LogP contribution in [-0.2, 0) is 4.74 Å². The zero-order valence-corrected chi connectivity index (χ0v) is 15.3. The topological polar surface area (TPSA) is 122 Å². The number of anilines is 2.